The van der Waals surface area contributed by atoms with Gasteiger partial charge in [-0.05, 0) is 53.1 Å². The fourth-order valence-corrected chi connectivity index (χ4v) is 3.81. The van der Waals surface area contributed by atoms with Gasteiger partial charge in [0.2, 0.25) is 0 Å². The fraction of sp³-hybridized carbons (Fsp3) is 0.208. The highest BCUT2D eigenvalue weighted by molar-refractivity contribution is 5.61. The van der Waals surface area contributed by atoms with Crippen molar-refractivity contribution >= 4 is 12.0 Å². The Balaban J connectivity index is 1.65. The summed E-state index contributed by atoms with van der Waals surface area (Å²) in [5.41, 5.74) is 3.23. The Labute approximate surface area is 180 Å². The molecule has 0 N–H and O–H groups in total. The van der Waals surface area contributed by atoms with Gasteiger partial charge < -0.3 is 14.4 Å². The van der Waals surface area contributed by atoms with E-state index in [1.165, 1.54) is 12.1 Å². The van der Waals surface area contributed by atoms with E-state index in [4.69, 9.17) is 14.5 Å². The van der Waals surface area contributed by atoms with Crippen LogP contribution in [0.2, 0.25) is 0 Å². The lowest BCUT2D eigenvalue weighted by atomic mass is 9.93. The van der Waals surface area contributed by atoms with Crippen LogP contribution < -0.4 is 9.47 Å². The fourth-order valence-electron chi connectivity index (χ4n) is 3.81. The van der Waals surface area contributed by atoms with E-state index in [1.54, 1.807) is 26.4 Å². The van der Waals surface area contributed by atoms with E-state index in [0.29, 0.717) is 6.54 Å². The van der Waals surface area contributed by atoms with E-state index in [0.717, 1.165) is 28.2 Å². The molecule has 3 aromatic rings. The van der Waals surface area contributed by atoms with Gasteiger partial charge in [-0.25, -0.2) is 0 Å². The topological polar surface area (TPSA) is 77.2 Å². The number of rotatable bonds is 7. The Kier molecular flexibility index (Phi) is 5.84. The Bertz CT molecular complexity index is 1060. The number of nitro groups is 1. The minimum atomic E-state index is -0.390. The van der Waals surface area contributed by atoms with E-state index >= 15 is 0 Å². The lowest BCUT2D eigenvalue weighted by Crippen LogP contribution is -2.25. The van der Waals surface area contributed by atoms with E-state index in [2.05, 4.69) is 4.90 Å². The van der Waals surface area contributed by atoms with Crippen LogP contribution in [-0.4, -0.2) is 30.4 Å². The van der Waals surface area contributed by atoms with Crippen molar-refractivity contribution in [2.24, 2.45) is 4.99 Å². The van der Waals surface area contributed by atoms with Crippen LogP contribution in [0.4, 0.5) is 5.69 Å². The van der Waals surface area contributed by atoms with Gasteiger partial charge in [0.25, 0.3) is 5.69 Å². The number of hydrogen-bond acceptors (Lipinski definition) is 6. The highest BCUT2D eigenvalue weighted by Gasteiger charge is 2.33. The van der Waals surface area contributed by atoms with Crippen molar-refractivity contribution in [3.05, 3.63) is 99.6 Å². The summed E-state index contributed by atoms with van der Waals surface area (Å²) in [7, 11) is 3.29. The molecule has 0 saturated heterocycles. The van der Waals surface area contributed by atoms with E-state index < -0.39 is 4.92 Å². The van der Waals surface area contributed by atoms with Gasteiger partial charge in [0, 0.05) is 18.7 Å². The third kappa shape index (κ3) is 4.35. The first-order valence-electron chi connectivity index (χ1n) is 9.89. The lowest BCUT2D eigenvalue weighted by Gasteiger charge is -2.29. The molecular weight excluding hydrogens is 394 g/mol. The normalized spacial score (nSPS) is 17.5. The highest BCUT2D eigenvalue weighted by atomic mass is 16.6. The number of benzene rings is 3. The Morgan fingerprint density at radius 3 is 1.97 bits per heavy atom. The van der Waals surface area contributed by atoms with Gasteiger partial charge >= 0.3 is 0 Å². The molecule has 0 unspecified atom stereocenters. The Morgan fingerprint density at radius 2 is 1.42 bits per heavy atom. The minimum absolute atomic E-state index is 0.0468. The van der Waals surface area contributed by atoms with Gasteiger partial charge in [0.05, 0.1) is 31.5 Å². The molecule has 0 fully saturated rings. The first kappa shape index (κ1) is 20.4. The molecule has 0 amide bonds. The van der Waals surface area contributed by atoms with Gasteiger partial charge in [-0.3, -0.25) is 15.1 Å². The van der Waals surface area contributed by atoms with Crippen LogP contribution in [0.3, 0.4) is 0 Å². The van der Waals surface area contributed by atoms with Crippen LogP contribution >= 0.6 is 0 Å². The molecule has 0 aromatic heterocycles. The molecule has 0 spiro atoms. The molecule has 0 bridgehead atoms. The van der Waals surface area contributed by atoms with E-state index in [9.17, 15) is 10.1 Å². The van der Waals surface area contributed by atoms with Crippen molar-refractivity contribution in [3.8, 4) is 11.5 Å². The summed E-state index contributed by atoms with van der Waals surface area (Å²) in [6.07, 6.45) is 1.87. The molecule has 3 aromatic carbocycles. The maximum Gasteiger partial charge on any atom is 0.269 e. The summed E-state index contributed by atoms with van der Waals surface area (Å²) in [6, 6.07) is 22.3. The second-order valence-corrected chi connectivity index (χ2v) is 7.30. The number of nitrogens with zero attached hydrogens (tertiary/aromatic N) is 3. The van der Waals surface area contributed by atoms with Crippen molar-refractivity contribution in [1.82, 2.24) is 4.90 Å². The van der Waals surface area contributed by atoms with Crippen molar-refractivity contribution in [3.63, 3.8) is 0 Å². The van der Waals surface area contributed by atoms with Gasteiger partial charge in [-0.15, -0.1) is 0 Å². The predicted molar refractivity (Wildman–Crippen MR) is 119 cm³/mol. The standard InChI is InChI=1S/C24H23N3O4/c1-30-21-11-3-17(4-12-21)15-26-16-25-23(18-5-9-20(10-6-18)27(28)29)24(26)19-7-13-22(31-2)14-8-19/h3-14,16,23-24H,15H2,1-2H3/t23-,24+/m0/s1. The molecule has 158 valence electrons. The van der Waals surface area contributed by atoms with Crippen LogP contribution in [-0.2, 0) is 6.54 Å². The first-order valence-corrected chi connectivity index (χ1v) is 9.89. The highest BCUT2D eigenvalue weighted by Crippen LogP contribution is 2.41. The number of methoxy groups -OCH3 is 2. The Hall–Kier alpha value is -3.87. The Morgan fingerprint density at radius 1 is 0.871 bits per heavy atom. The van der Waals surface area contributed by atoms with Crippen LogP contribution in [0, 0.1) is 10.1 Å². The summed E-state index contributed by atoms with van der Waals surface area (Å²) in [5, 5.41) is 11.0. The zero-order valence-corrected chi connectivity index (χ0v) is 17.3. The molecule has 7 nitrogen and oxygen atoms in total. The smallest absolute Gasteiger partial charge is 0.269 e. The average Bonchev–Trinajstić information content (AvgIpc) is 3.23. The summed E-state index contributed by atoms with van der Waals surface area (Å²) in [6.45, 7) is 0.674. The molecule has 31 heavy (non-hydrogen) atoms. The zero-order valence-electron chi connectivity index (χ0n) is 17.3. The third-order valence-corrected chi connectivity index (χ3v) is 5.46. The van der Waals surface area contributed by atoms with E-state index in [1.807, 2.05) is 54.9 Å². The quantitative estimate of drug-likeness (QED) is 0.402. The molecule has 0 radical (unpaired) electrons. The molecule has 1 aliphatic rings. The zero-order chi connectivity index (χ0) is 21.8. The molecular formula is C24H23N3O4. The van der Waals surface area contributed by atoms with Gasteiger partial charge in [-0.1, -0.05) is 24.3 Å². The maximum atomic E-state index is 11.0. The number of aliphatic imine (C=N–C) groups is 1. The SMILES string of the molecule is COc1ccc(CN2C=N[C@@H](c3ccc([N+](=O)[O-])cc3)[C@H]2c2ccc(OC)cc2)cc1. The van der Waals surface area contributed by atoms with Crippen molar-refractivity contribution in [2.75, 3.05) is 14.2 Å². The van der Waals surface area contributed by atoms with Crippen LogP contribution in [0.25, 0.3) is 0 Å². The van der Waals surface area contributed by atoms with Crippen LogP contribution in [0.15, 0.2) is 77.8 Å². The minimum Gasteiger partial charge on any atom is -0.497 e. The first-order chi connectivity index (χ1) is 15.1. The predicted octanol–water partition coefficient (Wildman–Crippen LogP) is 4.94. The molecule has 2 atom stereocenters. The molecule has 1 heterocycles. The molecule has 0 saturated carbocycles. The molecule has 1 aliphatic heterocycles. The number of hydrogen-bond donors (Lipinski definition) is 0. The number of non-ortho nitro benzene ring substituents is 1. The largest absolute Gasteiger partial charge is 0.497 e. The van der Waals surface area contributed by atoms with Crippen molar-refractivity contribution < 1.29 is 14.4 Å². The lowest BCUT2D eigenvalue weighted by molar-refractivity contribution is -0.384. The second kappa shape index (κ2) is 8.87. The molecule has 0 aliphatic carbocycles. The number of nitro benzene ring substituents is 1. The summed E-state index contributed by atoms with van der Waals surface area (Å²) >= 11 is 0. The average molecular weight is 417 g/mol. The van der Waals surface area contributed by atoms with Crippen LogP contribution in [0.1, 0.15) is 28.8 Å². The maximum absolute atomic E-state index is 11.0. The molecule has 4 rings (SSSR count). The summed E-state index contributed by atoms with van der Waals surface area (Å²) in [4.78, 5) is 17.6. The molecule has 7 heteroatoms. The third-order valence-electron chi connectivity index (χ3n) is 5.46. The van der Waals surface area contributed by atoms with Crippen LogP contribution in [0.5, 0.6) is 11.5 Å². The van der Waals surface area contributed by atoms with Crippen molar-refractivity contribution in [1.29, 1.82) is 0 Å². The van der Waals surface area contributed by atoms with Gasteiger partial charge in [-0.2, -0.15) is 0 Å². The van der Waals surface area contributed by atoms with Gasteiger partial charge in [0.15, 0.2) is 0 Å². The summed E-state index contributed by atoms with van der Waals surface area (Å²) in [5.74, 6) is 1.60. The summed E-state index contributed by atoms with van der Waals surface area (Å²) < 4.78 is 10.6. The number of ether oxygens (including phenoxy) is 2. The van der Waals surface area contributed by atoms with E-state index in [-0.39, 0.29) is 17.8 Å². The van der Waals surface area contributed by atoms with Gasteiger partial charge in [0.1, 0.15) is 17.5 Å². The van der Waals surface area contributed by atoms with Crippen molar-refractivity contribution in [2.45, 2.75) is 18.6 Å². The second-order valence-electron chi connectivity index (χ2n) is 7.30. The monoisotopic (exact) mass is 417 g/mol.